The van der Waals surface area contributed by atoms with Crippen molar-refractivity contribution in [2.45, 2.75) is 6.61 Å². The minimum atomic E-state index is 0.0175. The predicted octanol–water partition coefficient (Wildman–Crippen LogP) is 5.01. The number of hydroxylamine groups is 2. The van der Waals surface area contributed by atoms with Crippen LogP contribution in [-0.4, -0.2) is 29.0 Å². The molecule has 4 nitrogen and oxygen atoms in total. The SMILES string of the molecule is O=C(CN1C=CN(OCc2ccc(Cl)cc2Cl)C1)c1ccc(Cl)cc1. The van der Waals surface area contributed by atoms with E-state index in [1.807, 2.05) is 17.2 Å². The van der Waals surface area contributed by atoms with Gasteiger partial charge in [0.05, 0.1) is 6.54 Å². The lowest BCUT2D eigenvalue weighted by molar-refractivity contribution is -0.139. The maximum absolute atomic E-state index is 12.3. The Hall–Kier alpha value is -1.72. The van der Waals surface area contributed by atoms with E-state index in [0.29, 0.717) is 33.9 Å². The molecule has 7 heteroatoms. The summed E-state index contributed by atoms with van der Waals surface area (Å²) in [5.74, 6) is 0.0175. The standard InChI is InChI=1S/C18H15Cl3N2O2/c19-15-4-1-13(2-5-15)18(24)10-22-7-8-23(12-22)25-11-14-3-6-16(20)9-17(14)21/h1-9H,10-12H2. The Balaban J connectivity index is 1.49. The lowest BCUT2D eigenvalue weighted by atomic mass is 10.1. The molecule has 130 valence electrons. The number of hydrogen-bond acceptors (Lipinski definition) is 4. The third-order valence-electron chi connectivity index (χ3n) is 3.68. The lowest BCUT2D eigenvalue weighted by Gasteiger charge is -2.20. The van der Waals surface area contributed by atoms with Crippen LogP contribution in [-0.2, 0) is 11.4 Å². The van der Waals surface area contributed by atoms with Crippen molar-refractivity contribution >= 4 is 40.6 Å². The Morgan fingerprint density at radius 1 is 1.00 bits per heavy atom. The van der Waals surface area contributed by atoms with E-state index in [2.05, 4.69) is 0 Å². The van der Waals surface area contributed by atoms with Gasteiger partial charge >= 0.3 is 0 Å². The fourth-order valence-corrected chi connectivity index (χ4v) is 2.92. The molecule has 0 N–H and O–H groups in total. The monoisotopic (exact) mass is 396 g/mol. The van der Waals surface area contributed by atoms with Crippen LogP contribution in [0, 0.1) is 0 Å². The van der Waals surface area contributed by atoms with Gasteiger partial charge in [-0.1, -0.05) is 40.9 Å². The van der Waals surface area contributed by atoms with E-state index < -0.39 is 0 Å². The van der Waals surface area contributed by atoms with Crippen LogP contribution in [0.3, 0.4) is 0 Å². The van der Waals surface area contributed by atoms with Crippen LogP contribution in [0.1, 0.15) is 15.9 Å². The van der Waals surface area contributed by atoms with E-state index >= 15 is 0 Å². The summed E-state index contributed by atoms with van der Waals surface area (Å²) in [6.07, 6.45) is 3.59. The number of benzene rings is 2. The third kappa shape index (κ3) is 4.89. The molecule has 0 aliphatic carbocycles. The molecule has 1 heterocycles. The molecule has 1 aliphatic rings. The van der Waals surface area contributed by atoms with Gasteiger partial charge in [-0.25, -0.2) is 5.06 Å². The summed E-state index contributed by atoms with van der Waals surface area (Å²) < 4.78 is 0. The van der Waals surface area contributed by atoms with Crippen LogP contribution in [0.25, 0.3) is 0 Å². The van der Waals surface area contributed by atoms with Gasteiger partial charge in [0.2, 0.25) is 0 Å². The van der Waals surface area contributed by atoms with Gasteiger partial charge in [0.1, 0.15) is 13.3 Å². The van der Waals surface area contributed by atoms with Crippen molar-refractivity contribution in [1.82, 2.24) is 9.96 Å². The van der Waals surface area contributed by atoms with Crippen LogP contribution in [0.5, 0.6) is 0 Å². The summed E-state index contributed by atoms with van der Waals surface area (Å²) in [5.41, 5.74) is 1.47. The molecule has 2 aromatic carbocycles. The Bertz CT molecular complexity index is 793. The molecule has 0 bridgehead atoms. The summed E-state index contributed by atoms with van der Waals surface area (Å²) >= 11 is 17.8. The molecule has 0 radical (unpaired) electrons. The highest BCUT2D eigenvalue weighted by molar-refractivity contribution is 6.35. The minimum absolute atomic E-state index is 0.0175. The summed E-state index contributed by atoms with van der Waals surface area (Å²) in [5, 5.41) is 3.41. The quantitative estimate of drug-likeness (QED) is 0.642. The van der Waals surface area contributed by atoms with E-state index in [0.717, 1.165) is 5.56 Å². The predicted molar refractivity (Wildman–Crippen MR) is 99.6 cm³/mol. The summed E-state index contributed by atoms with van der Waals surface area (Å²) in [6, 6.07) is 12.1. The average molecular weight is 398 g/mol. The largest absolute Gasteiger partial charge is 0.349 e. The fraction of sp³-hybridized carbons (Fsp3) is 0.167. The molecule has 0 atom stereocenters. The summed E-state index contributed by atoms with van der Waals surface area (Å²) in [7, 11) is 0. The van der Waals surface area contributed by atoms with Crippen molar-refractivity contribution < 1.29 is 9.63 Å². The number of rotatable bonds is 6. The highest BCUT2D eigenvalue weighted by Gasteiger charge is 2.17. The number of hydrogen-bond donors (Lipinski definition) is 0. The first-order valence-corrected chi connectivity index (χ1v) is 8.69. The number of Topliss-reactive ketones (excluding diaryl/α,β-unsaturated/α-hetero) is 1. The van der Waals surface area contributed by atoms with Gasteiger partial charge in [0.25, 0.3) is 0 Å². The molecule has 0 amide bonds. The minimum Gasteiger partial charge on any atom is -0.349 e. The molecule has 3 rings (SSSR count). The van der Waals surface area contributed by atoms with Gasteiger partial charge in [-0.05, 0) is 42.0 Å². The second-order valence-corrected chi connectivity index (χ2v) is 6.82. The van der Waals surface area contributed by atoms with Crippen molar-refractivity contribution in [3.8, 4) is 0 Å². The number of carbonyl (C=O) groups is 1. The van der Waals surface area contributed by atoms with Crippen molar-refractivity contribution in [2.75, 3.05) is 13.2 Å². The van der Waals surface area contributed by atoms with E-state index in [-0.39, 0.29) is 12.3 Å². The van der Waals surface area contributed by atoms with E-state index in [1.165, 1.54) is 0 Å². The summed E-state index contributed by atoms with van der Waals surface area (Å²) in [6.45, 7) is 1.05. The highest BCUT2D eigenvalue weighted by Crippen LogP contribution is 2.22. The highest BCUT2D eigenvalue weighted by atomic mass is 35.5. The van der Waals surface area contributed by atoms with Gasteiger partial charge in [-0.3, -0.25) is 9.63 Å². The van der Waals surface area contributed by atoms with Crippen molar-refractivity contribution in [3.05, 3.63) is 81.1 Å². The first-order chi connectivity index (χ1) is 12.0. The van der Waals surface area contributed by atoms with Gasteiger partial charge in [0.15, 0.2) is 5.78 Å². The zero-order valence-electron chi connectivity index (χ0n) is 13.2. The van der Waals surface area contributed by atoms with Gasteiger partial charge in [-0.2, -0.15) is 0 Å². The number of carbonyl (C=O) groups excluding carboxylic acids is 1. The van der Waals surface area contributed by atoms with E-state index in [1.54, 1.807) is 47.7 Å². The summed E-state index contributed by atoms with van der Waals surface area (Å²) in [4.78, 5) is 19.8. The van der Waals surface area contributed by atoms with Gasteiger partial charge < -0.3 is 4.90 Å². The number of halogens is 3. The smallest absolute Gasteiger partial charge is 0.182 e. The topological polar surface area (TPSA) is 32.8 Å². The van der Waals surface area contributed by atoms with Crippen molar-refractivity contribution in [3.63, 3.8) is 0 Å². The Kier molecular flexibility index (Phi) is 5.86. The molecule has 0 fully saturated rings. The third-order valence-corrected chi connectivity index (χ3v) is 4.52. The molecule has 0 saturated carbocycles. The molecule has 0 aromatic heterocycles. The van der Waals surface area contributed by atoms with Crippen LogP contribution < -0.4 is 0 Å². The zero-order valence-corrected chi connectivity index (χ0v) is 15.4. The van der Waals surface area contributed by atoms with Gasteiger partial charge in [-0.15, -0.1) is 0 Å². The van der Waals surface area contributed by atoms with Crippen LogP contribution in [0.4, 0.5) is 0 Å². The van der Waals surface area contributed by atoms with Crippen LogP contribution in [0.2, 0.25) is 15.1 Å². The van der Waals surface area contributed by atoms with Crippen molar-refractivity contribution in [2.24, 2.45) is 0 Å². The maximum Gasteiger partial charge on any atom is 0.182 e. The molecule has 0 unspecified atom stereocenters. The number of ketones is 1. The second-order valence-electron chi connectivity index (χ2n) is 5.54. The normalized spacial score (nSPS) is 13.6. The fourth-order valence-electron chi connectivity index (χ4n) is 2.33. The molecule has 1 aliphatic heterocycles. The Morgan fingerprint density at radius 3 is 2.44 bits per heavy atom. The molecule has 0 saturated heterocycles. The van der Waals surface area contributed by atoms with Crippen LogP contribution >= 0.6 is 34.8 Å². The maximum atomic E-state index is 12.3. The van der Waals surface area contributed by atoms with E-state index in [9.17, 15) is 4.79 Å². The van der Waals surface area contributed by atoms with Crippen LogP contribution in [0.15, 0.2) is 54.9 Å². The lowest BCUT2D eigenvalue weighted by Crippen LogP contribution is -2.29. The molecular weight excluding hydrogens is 383 g/mol. The molecule has 25 heavy (non-hydrogen) atoms. The van der Waals surface area contributed by atoms with Crippen molar-refractivity contribution in [1.29, 1.82) is 0 Å². The second kappa shape index (κ2) is 8.11. The number of nitrogens with zero attached hydrogens (tertiary/aromatic N) is 2. The molecular formula is C18H15Cl3N2O2. The molecule has 0 spiro atoms. The zero-order chi connectivity index (χ0) is 17.8. The average Bonchev–Trinajstić information content (AvgIpc) is 3.02. The van der Waals surface area contributed by atoms with E-state index in [4.69, 9.17) is 39.6 Å². The molecule has 2 aromatic rings. The first-order valence-electron chi connectivity index (χ1n) is 7.56. The Labute approximate surface area is 161 Å². The first kappa shape index (κ1) is 18.1. The van der Waals surface area contributed by atoms with Gasteiger partial charge in [0, 0.05) is 33.0 Å². The Morgan fingerprint density at radius 2 is 1.72 bits per heavy atom.